The molecule has 1 nitrogen and oxygen atoms in total. The average molecular weight is 286 g/mol. The molecule has 1 aromatic rings. The van der Waals surface area contributed by atoms with Crippen LogP contribution in [0.5, 0.6) is 0 Å². The van der Waals surface area contributed by atoms with Crippen LogP contribution >= 0.6 is 0 Å². The van der Waals surface area contributed by atoms with Gasteiger partial charge in [0.2, 0.25) is 0 Å². The van der Waals surface area contributed by atoms with E-state index in [1.807, 2.05) is 41.5 Å². The molecule has 0 bridgehead atoms. The van der Waals surface area contributed by atoms with Crippen LogP contribution < -0.4 is 0 Å². The Balaban J connectivity index is 3.52. The molecule has 0 aromatic heterocycles. The fourth-order valence-electron chi connectivity index (χ4n) is 1.98. The van der Waals surface area contributed by atoms with Gasteiger partial charge in [-0.2, -0.15) is 13.2 Å². The van der Waals surface area contributed by atoms with Crippen LogP contribution in [0.1, 0.15) is 63.0 Å². The van der Waals surface area contributed by atoms with Crippen molar-refractivity contribution in [2.24, 2.45) is 0 Å². The maximum Gasteiger partial charge on any atom is 0.454 e. The topological polar surface area (TPSA) is 17.1 Å². The van der Waals surface area contributed by atoms with Crippen molar-refractivity contribution in [1.82, 2.24) is 0 Å². The number of alkyl halides is 3. The highest BCUT2D eigenvalue weighted by Gasteiger charge is 2.41. The third kappa shape index (κ3) is 3.62. The van der Waals surface area contributed by atoms with E-state index in [0.717, 1.165) is 5.56 Å². The van der Waals surface area contributed by atoms with Gasteiger partial charge in [-0.25, -0.2) is 0 Å². The second kappa shape index (κ2) is 4.90. The summed E-state index contributed by atoms with van der Waals surface area (Å²) < 4.78 is 38.1. The van der Waals surface area contributed by atoms with Gasteiger partial charge in [0.1, 0.15) is 0 Å². The van der Waals surface area contributed by atoms with Crippen molar-refractivity contribution >= 4 is 5.78 Å². The summed E-state index contributed by atoms with van der Waals surface area (Å²) >= 11 is 0. The Labute approximate surface area is 118 Å². The van der Waals surface area contributed by atoms with Crippen LogP contribution in [0, 0.1) is 0 Å². The molecule has 112 valence electrons. The van der Waals surface area contributed by atoms with Crippen LogP contribution in [0.15, 0.2) is 18.2 Å². The Bertz CT molecular complexity index is 514. The predicted molar refractivity (Wildman–Crippen MR) is 74.2 cm³/mol. The highest BCUT2D eigenvalue weighted by molar-refractivity contribution is 6.01. The van der Waals surface area contributed by atoms with Crippen molar-refractivity contribution in [1.29, 1.82) is 0 Å². The maximum absolute atomic E-state index is 12.7. The van der Waals surface area contributed by atoms with E-state index in [9.17, 15) is 18.0 Å². The lowest BCUT2D eigenvalue weighted by molar-refractivity contribution is -0.0886. The molecule has 0 aliphatic rings. The molecule has 0 amide bonds. The first-order valence-corrected chi connectivity index (χ1v) is 6.51. The van der Waals surface area contributed by atoms with Crippen LogP contribution in [-0.2, 0) is 10.8 Å². The van der Waals surface area contributed by atoms with E-state index in [4.69, 9.17) is 0 Å². The minimum atomic E-state index is -4.84. The van der Waals surface area contributed by atoms with Crippen LogP contribution in [0.3, 0.4) is 0 Å². The van der Waals surface area contributed by atoms with Gasteiger partial charge < -0.3 is 0 Å². The van der Waals surface area contributed by atoms with Gasteiger partial charge in [-0.05, 0) is 22.0 Å². The van der Waals surface area contributed by atoms with Gasteiger partial charge >= 0.3 is 6.18 Å². The second-order valence-corrected chi connectivity index (χ2v) is 7.09. The van der Waals surface area contributed by atoms with Crippen LogP contribution in [0.25, 0.3) is 0 Å². The van der Waals surface area contributed by atoms with Gasteiger partial charge in [-0.15, -0.1) is 0 Å². The highest BCUT2D eigenvalue weighted by atomic mass is 19.4. The number of carbonyl (C=O) groups is 1. The molecule has 0 spiro atoms. The monoisotopic (exact) mass is 286 g/mol. The van der Waals surface area contributed by atoms with E-state index in [1.165, 1.54) is 6.07 Å². The van der Waals surface area contributed by atoms with Crippen molar-refractivity contribution in [2.75, 3.05) is 0 Å². The lowest BCUT2D eigenvalue weighted by Gasteiger charge is -2.27. The second-order valence-electron chi connectivity index (χ2n) is 7.09. The fraction of sp³-hybridized carbons (Fsp3) is 0.562. The first-order chi connectivity index (χ1) is 8.74. The Morgan fingerprint density at radius 3 is 1.75 bits per heavy atom. The van der Waals surface area contributed by atoms with Crippen molar-refractivity contribution in [3.8, 4) is 0 Å². The number of hydrogen-bond acceptors (Lipinski definition) is 1. The van der Waals surface area contributed by atoms with E-state index >= 15 is 0 Å². The summed E-state index contributed by atoms with van der Waals surface area (Å²) in [6.45, 7) is 11.4. The van der Waals surface area contributed by atoms with Crippen LogP contribution in [0.2, 0.25) is 0 Å². The summed E-state index contributed by atoms with van der Waals surface area (Å²) in [5, 5.41) is 0. The number of Topliss-reactive ketones (excluding diaryl/α,β-unsaturated/α-hetero) is 1. The molecule has 0 fully saturated rings. The Hall–Kier alpha value is -1.32. The lowest BCUT2D eigenvalue weighted by Crippen LogP contribution is -2.27. The minimum absolute atomic E-state index is 0.181. The van der Waals surface area contributed by atoms with Gasteiger partial charge in [0.25, 0.3) is 5.78 Å². The standard InChI is InChI=1S/C16H21F3O/c1-14(2,3)10-7-8-11(13(20)16(17,18)19)12(9-10)15(4,5)6/h7-9H,1-6H3. The van der Waals surface area contributed by atoms with Crippen molar-refractivity contribution in [3.05, 3.63) is 34.9 Å². The molecule has 0 radical (unpaired) electrons. The van der Waals surface area contributed by atoms with E-state index in [-0.39, 0.29) is 11.0 Å². The normalized spacial score (nSPS) is 13.4. The Morgan fingerprint density at radius 2 is 1.40 bits per heavy atom. The number of benzene rings is 1. The quantitative estimate of drug-likeness (QED) is 0.662. The highest BCUT2D eigenvalue weighted by Crippen LogP contribution is 2.34. The molecule has 0 heterocycles. The summed E-state index contributed by atoms with van der Waals surface area (Å²) in [6.07, 6.45) is -4.84. The number of rotatable bonds is 1. The minimum Gasteiger partial charge on any atom is -0.284 e. The molecular formula is C16H21F3O. The summed E-state index contributed by atoms with van der Waals surface area (Å²) in [5.74, 6) is -1.78. The number of carbonyl (C=O) groups excluding carboxylic acids is 1. The third-order valence-corrected chi connectivity index (χ3v) is 3.20. The first kappa shape index (κ1) is 16.7. The van der Waals surface area contributed by atoms with E-state index in [2.05, 4.69) is 0 Å². The number of hydrogen-bond donors (Lipinski definition) is 0. The van der Waals surface area contributed by atoms with Crippen molar-refractivity contribution in [3.63, 3.8) is 0 Å². The first-order valence-electron chi connectivity index (χ1n) is 6.51. The molecule has 1 rings (SSSR count). The molecule has 0 atom stereocenters. The van der Waals surface area contributed by atoms with Gasteiger partial charge in [0.05, 0.1) is 0 Å². The Kier molecular flexibility index (Phi) is 4.10. The molecule has 0 unspecified atom stereocenters. The average Bonchev–Trinajstić information content (AvgIpc) is 2.23. The number of halogens is 3. The zero-order valence-corrected chi connectivity index (χ0v) is 12.8. The Morgan fingerprint density at radius 1 is 0.900 bits per heavy atom. The molecule has 0 N–H and O–H groups in total. The summed E-state index contributed by atoms with van der Waals surface area (Å²) in [7, 11) is 0. The smallest absolute Gasteiger partial charge is 0.284 e. The molecule has 0 aliphatic carbocycles. The van der Waals surface area contributed by atoms with Gasteiger partial charge in [0.15, 0.2) is 0 Å². The molecule has 20 heavy (non-hydrogen) atoms. The molecule has 1 aromatic carbocycles. The third-order valence-electron chi connectivity index (χ3n) is 3.20. The van der Waals surface area contributed by atoms with Crippen molar-refractivity contribution in [2.45, 2.75) is 58.5 Å². The SMILES string of the molecule is CC(C)(C)c1ccc(C(=O)C(F)(F)F)c(C(C)(C)C)c1. The largest absolute Gasteiger partial charge is 0.454 e. The van der Waals surface area contributed by atoms with Crippen LogP contribution in [0.4, 0.5) is 13.2 Å². The van der Waals surface area contributed by atoms with Gasteiger partial charge in [-0.1, -0.05) is 59.7 Å². The van der Waals surface area contributed by atoms with Gasteiger partial charge in [-0.3, -0.25) is 4.79 Å². The van der Waals surface area contributed by atoms with E-state index in [1.54, 1.807) is 12.1 Å². The molecule has 4 heteroatoms. The van der Waals surface area contributed by atoms with Crippen molar-refractivity contribution < 1.29 is 18.0 Å². The van der Waals surface area contributed by atoms with E-state index < -0.39 is 17.4 Å². The summed E-state index contributed by atoms with van der Waals surface area (Å²) in [5.41, 5.74) is 0.392. The molecule has 0 saturated heterocycles. The van der Waals surface area contributed by atoms with Crippen LogP contribution in [-0.4, -0.2) is 12.0 Å². The number of ketones is 1. The predicted octanol–water partition coefficient (Wildman–Crippen LogP) is 5.03. The summed E-state index contributed by atoms with van der Waals surface area (Å²) in [4.78, 5) is 11.6. The van der Waals surface area contributed by atoms with E-state index in [0.29, 0.717) is 5.56 Å². The molecular weight excluding hydrogens is 265 g/mol. The fourth-order valence-corrected chi connectivity index (χ4v) is 1.98. The maximum atomic E-state index is 12.7. The zero-order chi connectivity index (χ0) is 15.9. The molecule has 0 aliphatic heterocycles. The lowest BCUT2D eigenvalue weighted by atomic mass is 9.78. The molecule has 0 saturated carbocycles. The summed E-state index contributed by atoms with van der Waals surface area (Å²) in [6, 6.07) is 4.63. The zero-order valence-electron chi connectivity index (χ0n) is 12.8. The van der Waals surface area contributed by atoms with Gasteiger partial charge in [0, 0.05) is 5.56 Å².